The van der Waals surface area contributed by atoms with Crippen molar-refractivity contribution in [2.24, 2.45) is 0 Å². The van der Waals surface area contributed by atoms with Gasteiger partial charge in [-0.2, -0.15) is 0 Å². The van der Waals surface area contributed by atoms with Crippen LogP contribution in [0.5, 0.6) is 0 Å². The largest absolute Gasteiger partial charge is 0.314 e. The quantitative estimate of drug-likeness (QED) is 0.826. The molecule has 0 heterocycles. The summed E-state index contributed by atoms with van der Waals surface area (Å²) in [7, 11) is 0. The third-order valence-electron chi connectivity index (χ3n) is 3.14. The number of nitrogens with one attached hydrogen (secondary N) is 1. The first-order chi connectivity index (χ1) is 7.12. The van der Waals surface area contributed by atoms with Crippen molar-refractivity contribution in [1.29, 1.82) is 0 Å². The normalized spacial score (nSPS) is 18.1. The molecular formula is C13H18ClN. The van der Waals surface area contributed by atoms with E-state index in [1.165, 1.54) is 18.4 Å². The summed E-state index contributed by atoms with van der Waals surface area (Å²) in [5.41, 5.74) is 1.76. The fraction of sp³-hybridized carbons (Fsp3) is 0.538. The molecule has 1 aromatic carbocycles. The van der Waals surface area contributed by atoms with Crippen molar-refractivity contribution in [2.45, 2.75) is 38.1 Å². The Morgan fingerprint density at radius 3 is 2.67 bits per heavy atom. The maximum absolute atomic E-state index is 6.02. The van der Waals surface area contributed by atoms with E-state index in [-0.39, 0.29) is 0 Å². The summed E-state index contributed by atoms with van der Waals surface area (Å²) < 4.78 is 0. The molecule has 1 saturated carbocycles. The Balaban J connectivity index is 2.09. The zero-order valence-electron chi connectivity index (χ0n) is 9.39. The van der Waals surface area contributed by atoms with Gasteiger partial charge in [-0.1, -0.05) is 37.6 Å². The zero-order valence-corrected chi connectivity index (χ0v) is 10.1. The van der Waals surface area contributed by atoms with Gasteiger partial charge in [-0.25, -0.2) is 0 Å². The van der Waals surface area contributed by atoms with Gasteiger partial charge in [0.15, 0.2) is 0 Å². The topological polar surface area (TPSA) is 12.0 Å². The van der Waals surface area contributed by atoms with Crippen LogP contribution in [-0.2, 0) is 5.41 Å². The second kappa shape index (κ2) is 4.15. The van der Waals surface area contributed by atoms with Crippen molar-refractivity contribution in [1.82, 2.24) is 5.32 Å². The molecule has 1 aliphatic carbocycles. The van der Waals surface area contributed by atoms with Gasteiger partial charge in [-0.3, -0.25) is 0 Å². The highest BCUT2D eigenvalue weighted by Gasteiger charge is 2.43. The fourth-order valence-electron chi connectivity index (χ4n) is 1.94. The molecule has 0 saturated heterocycles. The lowest BCUT2D eigenvalue weighted by Crippen LogP contribution is -2.31. The Morgan fingerprint density at radius 1 is 1.40 bits per heavy atom. The third kappa shape index (κ3) is 2.53. The molecule has 2 rings (SSSR count). The van der Waals surface area contributed by atoms with E-state index in [2.05, 4.69) is 31.3 Å². The van der Waals surface area contributed by atoms with Crippen LogP contribution in [0.2, 0.25) is 5.02 Å². The highest BCUT2D eigenvalue weighted by molar-refractivity contribution is 6.30. The standard InChI is InChI=1S/C13H18ClN/c1-10(2)15-9-13(6-7-13)11-4-3-5-12(14)8-11/h3-5,8,10,15H,6-7,9H2,1-2H3. The molecule has 0 radical (unpaired) electrons. The minimum absolute atomic E-state index is 0.370. The van der Waals surface area contributed by atoms with E-state index >= 15 is 0 Å². The Kier molecular flexibility index (Phi) is 3.03. The predicted molar refractivity (Wildman–Crippen MR) is 65.5 cm³/mol. The summed E-state index contributed by atoms with van der Waals surface area (Å²) in [6.45, 7) is 5.45. The van der Waals surface area contributed by atoms with Crippen molar-refractivity contribution in [3.63, 3.8) is 0 Å². The number of hydrogen-bond acceptors (Lipinski definition) is 1. The summed E-state index contributed by atoms with van der Waals surface area (Å²) in [6.07, 6.45) is 2.57. The van der Waals surface area contributed by atoms with Crippen LogP contribution in [-0.4, -0.2) is 12.6 Å². The smallest absolute Gasteiger partial charge is 0.0408 e. The van der Waals surface area contributed by atoms with E-state index in [1.54, 1.807) is 0 Å². The fourth-order valence-corrected chi connectivity index (χ4v) is 2.13. The SMILES string of the molecule is CC(C)NCC1(c2cccc(Cl)c2)CC1. The van der Waals surface area contributed by atoms with Crippen molar-refractivity contribution in [2.75, 3.05) is 6.54 Å². The minimum atomic E-state index is 0.370. The predicted octanol–water partition coefficient (Wildman–Crippen LogP) is 3.37. The lowest BCUT2D eigenvalue weighted by atomic mass is 9.96. The van der Waals surface area contributed by atoms with Crippen LogP contribution < -0.4 is 5.32 Å². The molecule has 0 amide bonds. The monoisotopic (exact) mass is 223 g/mol. The molecule has 0 bridgehead atoms. The van der Waals surface area contributed by atoms with Crippen molar-refractivity contribution >= 4 is 11.6 Å². The van der Waals surface area contributed by atoms with E-state index in [0.29, 0.717) is 11.5 Å². The van der Waals surface area contributed by atoms with Crippen LogP contribution in [0.25, 0.3) is 0 Å². The van der Waals surface area contributed by atoms with Gasteiger partial charge in [0.1, 0.15) is 0 Å². The van der Waals surface area contributed by atoms with Crippen LogP contribution in [0.4, 0.5) is 0 Å². The van der Waals surface area contributed by atoms with E-state index in [9.17, 15) is 0 Å². The van der Waals surface area contributed by atoms with Gasteiger partial charge in [-0.05, 0) is 30.5 Å². The first kappa shape index (κ1) is 11.0. The van der Waals surface area contributed by atoms with Gasteiger partial charge in [0.05, 0.1) is 0 Å². The molecule has 82 valence electrons. The average molecular weight is 224 g/mol. The average Bonchev–Trinajstić information content (AvgIpc) is 2.96. The van der Waals surface area contributed by atoms with E-state index in [0.717, 1.165) is 11.6 Å². The van der Waals surface area contributed by atoms with Crippen LogP contribution in [0.15, 0.2) is 24.3 Å². The number of rotatable bonds is 4. The van der Waals surface area contributed by atoms with E-state index in [4.69, 9.17) is 11.6 Å². The lowest BCUT2D eigenvalue weighted by Gasteiger charge is -2.18. The van der Waals surface area contributed by atoms with Crippen LogP contribution in [0.3, 0.4) is 0 Å². The molecule has 1 fully saturated rings. The maximum Gasteiger partial charge on any atom is 0.0408 e. The number of hydrogen-bond donors (Lipinski definition) is 1. The zero-order chi connectivity index (χ0) is 10.9. The Bertz CT molecular complexity index is 342. The van der Waals surface area contributed by atoms with E-state index < -0.39 is 0 Å². The molecular weight excluding hydrogens is 206 g/mol. The Morgan fingerprint density at radius 2 is 2.13 bits per heavy atom. The lowest BCUT2D eigenvalue weighted by molar-refractivity contribution is 0.520. The van der Waals surface area contributed by atoms with Crippen molar-refractivity contribution in [3.8, 4) is 0 Å². The molecule has 1 N–H and O–H groups in total. The first-order valence-electron chi connectivity index (χ1n) is 5.62. The highest BCUT2D eigenvalue weighted by atomic mass is 35.5. The number of benzene rings is 1. The summed E-state index contributed by atoms with van der Waals surface area (Å²) in [5, 5.41) is 4.37. The summed E-state index contributed by atoms with van der Waals surface area (Å²) >= 11 is 6.02. The van der Waals surface area contributed by atoms with Crippen LogP contribution >= 0.6 is 11.6 Å². The minimum Gasteiger partial charge on any atom is -0.314 e. The van der Waals surface area contributed by atoms with Gasteiger partial charge in [-0.15, -0.1) is 0 Å². The highest BCUT2D eigenvalue weighted by Crippen LogP contribution is 2.48. The first-order valence-corrected chi connectivity index (χ1v) is 6.00. The molecule has 0 aromatic heterocycles. The van der Waals surface area contributed by atoms with Gasteiger partial charge < -0.3 is 5.32 Å². The van der Waals surface area contributed by atoms with Gasteiger partial charge in [0.25, 0.3) is 0 Å². The van der Waals surface area contributed by atoms with Crippen LogP contribution in [0, 0.1) is 0 Å². The number of halogens is 1. The second-order valence-electron chi connectivity index (χ2n) is 4.83. The van der Waals surface area contributed by atoms with E-state index in [1.807, 2.05) is 12.1 Å². The maximum atomic E-state index is 6.02. The Labute approximate surface area is 96.8 Å². The van der Waals surface area contributed by atoms with Gasteiger partial charge in [0.2, 0.25) is 0 Å². The molecule has 0 spiro atoms. The molecule has 1 nitrogen and oxygen atoms in total. The molecule has 2 heteroatoms. The molecule has 0 aliphatic heterocycles. The second-order valence-corrected chi connectivity index (χ2v) is 5.26. The molecule has 1 aliphatic rings. The van der Waals surface area contributed by atoms with Crippen LogP contribution in [0.1, 0.15) is 32.3 Å². The molecule has 1 aromatic rings. The molecule has 15 heavy (non-hydrogen) atoms. The summed E-state index contributed by atoms with van der Waals surface area (Å²) in [4.78, 5) is 0. The van der Waals surface area contributed by atoms with Gasteiger partial charge in [0, 0.05) is 23.0 Å². The van der Waals surface area contributed by atoms with Crippen molar-refractivity contribution in [3.05, 3.63) is 34.9 Å². The molecule has 0 unspecified atom stereocenters. The van der Waals surface area contributed by atoms with Crippen molar-refractivity contribution < 1.29 is 0 Å². The molecule has 0 atom stereocenters. The summed E-state index contributed by atoms with van der Waals surface area (Å²) in [5.74, 6) is 0. The Hall–Kier alpha value is -0.530. The van der Waals surface area contributed by atoms with Gasteiger partial charge >= 0.3 is 0 Å². The third-order valence-corrected chi connectivity index (χ3v) is 3.37. The summed E-state index contributed by atoms with van der Waals surface area (Å²) in [6, 6.07) is 8.85.